The number of nitrogens with one attached hydrogen (secondary N) is 1. The Balaban J connectivity index is 2.51. The van der Waals surface area contributed by atoms with Crippen LogP contribution >= 0.6 is 0 Å². The highest BCUT2D eigenvalue weighted by Gasteiger charge is 2.02. The van der Waals surface area contributed by atoms with Crippen LogP contribution in [0.25, 0.3) is 0 Å². The summed E-state index contributed by atoms with van der Waals surface area (Å²) in [7, 11) is -2.92. The van der Waals surface area contributed by atoms with Crippen LogP contribution in [0.1, 0.15) is 19.0 Å². The second-order valence-electron chi connectivity index (χ2n) is 3.70. The molecule has 1 aromatic heterocycles. The molecule has 1 N–H and O–H groups in total. The average molecular weight is 243 g/mol. The number of aromatic nitrogens is 2. The van der Waals surface area contributed by atoms with Crippen LogP contribution < -0.4 is 5.32 Å². The number of sulfone groups is 1. The molecule has 0 spiro atoms. The van der Waals surface area contributed by atoms with Crippen molar-refractivity contribution in [2.24, 2.45) is 0 Å². The van der Waals surface area contributed by atoms with Crippen molar-refractivity contribution in [3.63, 3.8) is 0 Å². The van der Waals surface area contributed by atoms with Gasteiger partial charge >= 0.3 is 0 Å². The molecule has 0 atom stereocenters. The van der Waals surface area contributed by atoms with Gasteiger partial charge in [-0.2, -0.15) is 0 Å². The van der Waals surface area contributed by atoms with E-state index in [0.29, 0.717) is 12.4 Å². The van der Waals surface area contributed by atoms with E-state index in [-0.39, 0.29) is 5.75 Å². The summed E-state index contributed by atoms with van der Waals surface area (Å²) in [6, 6.07) is 1.85. The van der Waals surface area contributed by atoms with Gasteiger partial charge in [-0.25, -0.2) is 18.4 Å². The lowest BCUT2D eigenvalue weighted by Crippen LogP contribution is -2.15. The first-order valence-electron chi connectivity index (χ1n) is 5.24. The smallest absolute Gasteiger partial charge is 0.149 e. The second-order valence-corrected chi connectivity index (χ2v) is 5.96. The number of anilines is 1. The fourth-order valence-corrected chi connectivity index (χ4v) is 1.72. The molecule has 0 fully saturated rings. The van der Waals surface area contributed by atoms with Gasteiger partial charge < -0.3 is 5.32 Å². The number of rotatable bonds is 6. The summed E-state index contributed by atoms with van der Waals surface area (Å²) in [6.07, 6.45) is 4.65. The first-order chi connectivity index (χ1) is 7.51. The van der Waals surface area contributed by atoms with Crippen LogP contribution in [0.4, 0.5) is 5.82 Å². The summed E-state index contributed by atoms with van der Waals surface area (Å²) >= 11 is 0. The molecule has 1 heterocycles. The normalized spacial score (nSPS) is 11.4. The highest BCUT2D eigenvalue weighted by atomic mass is 32.2. The molecule has 6 heteroatoms. The Labute approximate surface area is 96.2 Å². The monoisotopic (exact) mass is 243 g/mol. The van der Waals surface area contributed by atoms with Gasteiger partial charge in [0.1, 0.15) is 22.0 Å². The Morgan fingerprint density at radius 2 is 2.12 bits per heavy atom. The van der Waals surface area contributed by atoms with E-state index < -0.39 is 9.84 Å². The summed E-state index contributed by atoms with van der Waals surface area (Å²) in [5.41, 5.74) is 0.972. The van der Waals surface area contributed by atoms with Crippen molar-refractivity contribution >= 4 is 15.7 Å². The van der Waals surface area contributed by atoms with Gasteiger partial charge in [0.25, 0.3) is 0 Å². The Hall–Kier alpha value is -1.17. The SMILES string of the molecule is CCCc1cc(NCCS(C)(=O)=O)ncn1. The molecule has 0 aromatic carbocycles. The molecular formula is C10H17N3O2S. The first kappa shape index (κ1) is 12.9. The zero-order valence-electron chi connectivity index (χ0n) is 9.60. The molecule has 1 aromatic rings. The maximum absolute atomic E-state index is 10.9. The van der Waals surface area contributed by atoms with Crippen LogP contribution in [0.3, 0.4) is 0 Å². The van der Waals surface area contributed by atoms with E-state index in [4.69, 9.17) is 0 Å². The molecule has 5 nitrogen and oxygen atoms in total. The lowest BCUT2D eigenvalue weighted by atomic mass is 10.2. The minimum absolute atomic E-state index is 0.111. The minimum Gasteiger partial charge on any atom is -0.369 e. The zero-order valence-corrected chi connectivity index (χ0v) is 10.4. The maximum Gasteiger partial charge on any atom is 0.149 e. The molecule has 0 saturated heterocycles. The average Bonchev–Trinajstić information content (AvgIpc) is 2.17. The third-order valence-electron chi connectivity index (χ3n) is 2.01. The van der Waals surface area contributed by atoms with Crippen molar-refractivity contribution in [2.45, 2.75) is 19.8 Å². The van der Waals surface area contributed by atoms with Gasteiger partial charge in [0, 0.05) is 24.6 Å². The zero-order chi connectivity index (χ0) is 12.0. The number of nitrogens with zero attached hydrogens (tertiary/aromatic N) is 2. The molecule has 0 aliphatic carbocycles. The third-order valence-corrected chi connectivity index (χ3v) is 2.95. The lowest BCUT2D eigenvalue weighted by Gasteiger charge is -2.05. The molecule has 0 amide bonds. The first-order valence-corrected chi connectivity index (χ1v) is 7.30. The summed E-state index contributed by atoms with van der Waals surface area (Å²) in [5, 5.41) is 2.97. The van der Waals surface area contributed by atoms with Crippen LogP contribution in [0.5, 0.6) is 0 Å². The fraction of sp³-hybridized carbons (Fsp3) is 0.600. The molecule has 0 bridgehead atoms. The molecule has 1 rings (SSSR count). The van der Waals surface area contributed by atoms with Gasteiger partial charge in [-0.05, 0) is 6.42 Å². The molecule has 0 aliphatic heterocycles. The minimum atomic E-state index is -2.92. The third kappa shape index (κ3) is 5.06. The topological polar surface area (TPSA) is 72.0 Å². The van der Waals surface area contributed by atoms with Gasteiger partial charge in [-0.15, -0.1) is 0 Å². The van der Waals surface area contributed by atoms with Crippen molar-refractivity contribution in [2.75, 3.05) is 23.9 Å². The Morgan fingerprint density at radius 1 is 1.38 bits per heavy atom. The summed E-state index contributed by atoms with van der Waals surface area (Å²) in [5.74, 6) is 0.794. The molecule has 16 heavy (non-hydrogen) atoms. The van der Waals surface area contributed by atoms with Gasteiger partial charge in [-0.1, -0.05) is 13.3 Å². The standard InChI is InChI=1S/C10H17N3O2S/c1-3-4-9-7-10(13-8-12-9)11-5-6-16(2,14)15/h7-8H,3-6H2,1-2H3,(H,11,12,13). The predicted molar refractivity (Wildman–Crippen MR) is 64.2 cm³/mol. The van der Waals surface area contributed by atoms with Crippen LogP contribution in [0.2, 0.25) is 0 Å². The molecule has 0 radical (unpaired) electrons. The largest absolute Gasteiger partial charge is 0.369 e. The Morgan fingerprint density at radius 3 is 2.75 bits per heavy atom. The van der Waals surface area contributed by atoms with Crippen molar-refractivity contribution in [3.8, 4) is 0 Å². The van der Waals surface area contributed by atoms with E-state index in [1.54, 1.807) is 0 Å². The van der Waals surface area contributed by atoms with Crippen LogP contribution in [-0.2, 0) is 16.3 Å². The highest BCUT2D eigenvalue weighted by molar-refractivity contribution is 7.90. The summed E-state index contributed by atoms with van der Waals surface area (Å²) in [6.45, 7) is 2.46. The van der Waals surface area contributed by atoms with Crippen LogP contribution in [-0.4, -0.2) is 36.9 Å². The molecule has 0 saturated carbocycles. The van der Waals surface area contributed by atoms with Crippen LogP contribution in [0, 0.1) is 0 Å². The predicted octanol–water partition coefficient (Wildman–Crippen LogP) is 0.886. The highest BCUT2D eigenvalue weighted by Crippen LogP contribution is 2.05. The number of hydrogen-bond donors (Lipinski definition) is 1. The second kappa shape index (κ2) is 5.79. The van der Waals surface area contributed by atoms with Crippen molar-refractivity contribution < 1.29 is 8.42 Å². The van der Waals surface area contributed by atoms with Gasteiger partial charge in [-0.3, -0.25) is 0 Å². The summed E-state index contributed by atoms with van der Waals surface area (Å²) < 4.78 is 21.8. The number of aryl methyl sites for hydroxylation is 1. The Kier molecular flexibility index (Phi) is 4.67. The van der Waals surface area contributed by atoms with Crippen molar-refractivity contribution in [1.82, 2.24) is 9.97 Å². The quantitative estimate of drug-likeness (QED) is 0.803. The van der Waals surface area contributed by atoms with E-state index in [9.17, 15) is 8.42 Å². The van der Waals surface area contributed by atoms with Crippen LogP contribution in [0.15, 0.2) is 12.4 Å². The van der Waals surface area contributed by atoms with E-state index >= 15 is 0 Å². The molecule has 90 valence electrons. The van der Waals surface area contributed by atoms with E-state index in [0.717, 1.165) is 18.5 Å². The molecule has 0 aliphatic rings. The summed E-state index contributed by atoms with van der Waals surface area (Å²) in [4.78, 5) is 8.14. The van der Waals surface area contributed by atoms with Crippen molar-refractivity contribution in [1.29, 1.82) is 0 Å². The van der Waals surface area contributed by atoms with Gasteiger partial charge in [0.05, 0.1) is 5.75 Å². The maximum atomic E-state index is 10.9. The molecular weight excluding hydrogens is 226 g/mol. The van der Waals surface area contributed by atoms with E-state index in [1.807, 2.05) is 6.07 Å². The Bertz CT molecular complexity index is 431. The van der Waals surface area contributed by atoms with Gasteiger partial charge in [0.15, 0.2) is 0 Å². The molecule has 0 unspecified atom stereocenters. The van der Waals surface area contributed by atoms with E-state index in [2.05, 4.69) is 22.2 Å². The number of hydrogen-bond acceptors (Lipinski definition) is 5. The van der Waals surface area contributed by atoms with Crippen molar-refractivity contribution in [3.05, 3.63) is 18.1 Å². The lowest BCUT2D eigenvalue weighted by molar-refractivity contribution is 0.602. The fourth-order valence-electron chi connectivity index (χ4n) is 1.25. The van der Waals surface area contributed by atoms with E-state index in [1.165, 1.54) is 12.6 Å². The van der Waals surface area contributed by atoms with Gasteiger partial charge in [0.2, 0.25) is 0 Å².